The van der Waals surface area contributed by atoms with E-state index in [1.54, 1.807) is 18.3 Å². The average molecular weight is 516 g/mol. The highest BCUT2D eigenvalue weighted by Gasteiger charge is 2.49. The Hall–Kier alpha value is -4.03. The molecule has 4 aromatic rings. The summed E-state index contributed by atoms with van der Waals surface area (Å²) in [6.45, 7) is 1.64. The predicted molar refractivity (Wildman–Crippen MR) is 143 cm³/mol. The molecule has 0 spiro atoms. The molecule has 0 bridgehead atoms. The van der Waals surface area contributed by atoms with Gasteiger partial charge in [-0.15, -0.1) is 6.42 Å². The minimum absolute atomic E-state index is 0.00481. The Kier molecular flexibility index (Phi) is 5.80. The number of hydrogen-bond donors (Lipinski definition) is 1. The molecule has 2 aliphatic rings. The molecule has 2 aromatic carbocycles. The van der Waals surface area contributed by atoms with Gasteiger partial charge >= 0.3 is 6.01 Å². The van der Waals surface area contributed by atoms with E-state index in [1.807, 2.05) is 19.0 Å². The number of hydrogen-bond acceptors (Lipinski definition) is 7. The maximum atomic E-state index is 14.7. The predicted octanol–water partition coefficient (Wildman–Crippen LogP) is 4.69. The summed E-state index contributed by atoms with van der Waals surface area (Å²) in [5.74, 6) is 2.52. The Bertz CT molecular complexity index is 1620. The van der Waals surface area contributed by atoms with Crippen molar-refractivity contribution in [2.75, 3.05) is 38.7 Å². The number of ether oxygens (including phenoxy) is 1. The van der Waals surface area contributed by atoms with Crippen LogP contribution in [0.5, 0.6) is 11.8 Å². The molecular formula is C29H27F2N5O2. The Morgan fingerprint density at radius 3 is 2.89 bits per heavy atom. The SMILES string of the molecule is C#Cc1c(F)ccc2cc(O)cc(-c3cc4nc(OC[C@@]56CCCN5C[C@H](F)C6)ncc4c(N(C)C)n3)c12. The Morgan fingerprint density at radius 1 is 1.26 bits per heavy atom. The second-order valence-electron chi connectivity index (χ2n) is 10.3. The van der Waals surface area contributed by atoms with Crippen molar-refractivity contribution in [1.29, 1.82) is 0 Å². The second-order valence-corrected chi connectivity index (χ2v) is 10.3. The number of phenols is 1. The van der Waals surface area contributed by atoms with Crippen LogP contribution in [0.4, 0.5) is 14.6 Å². The van der Waals surface area contributed by atoms with Gasteiger partial charge in [-0.1, -0.05) is 12.0 Å². The zero-order chi connectivity index (χ0) is 26.6. The van der Waals surface area contributed by atoms with Crippen molar-refractivity contribution in [3.63, 3.8) is 0 Å². The van der Waals surface area contributed by atoms with Crippen molar-refractivity contribution in [1.82, 2.24) is 19.9 Å². The minimum Gasteiger partial charge on any atom is -0.508 e. The molecule has 9 heteroatoms. The second kappa shape index (κ2) is 9.07. The molecule has 0 unspecified atom stereocenters. The summed E-state index contributed by atoms with van der Waals surface area (Å²) < 4.78 is 34.9. The van der Waals surface area contributed by atoms with Crippen molar-refractivity contribution in [2.24, 2.45) is 0 Å². The Labute approximate surface area is 219 Å². The van der Waals surface area contributed by atoms with Gasteiger partial charge in [-0.3, -0.25) is 4.90 Å². The van der Waals surface area contributed by atoms with Crippen molar-refractivity contribution < 1.29 is 18.6 Å². The lowest BCUT2D eigenvalue weighted by Gasteiger charge is -2.30. The van der Waals surface area contributed by atoms with Gasteiger partial charge in [0.25, 0.3) is 0 Å². The van der Waals surface area contributed by atoms with E-state index in [1.165, 1.54) is 18.2 Å². The number of halogens is 2. The van der Waals surface area contributed by atoms with Gasteiger partial charge in [0.1, 0.15) is 30.2 Å². The number of rotatable bonds is 5. The summed E-state index contributed by atoms with van der Waals surface area (Å²) in [4.78, 5) is 17.9. The van der Waals surface area contributed by atoms with Crippen LogP contribution in [-0.4, -0.2) is 70.5 Å². The van der Waals surface area contributed by atoms with Crippen LogP contribution >= 0.6 is 0 Å². The van der Waals surface area contributed by atoms with E-state index >= 15 is 0 Å². The number of pyridine rings is 1. The first-order chi connectivity index (χ1) is 18.3. The molecule has 2 fully saturated rings. The molecule has 0 aliphatic carbocycles. The third-order valence-corrected chi connectivity index (χ3v) is 7.66. The Morgan fingerprint density at radius 2 is 2.11 bits per heavy atom. The van der Waals surface area contributed by atoms with Gasteiger partial charge in [0, 0.05) is 44.2 Å². The van der Waals surface area contributed by atoms with Crippen LogP contribution in [0.25, 0.3) is 32.9 Å². The smallest absolute Gasteiger partial charge is 0.316 e. The number of phenolic OH excluding ortho intramolecular Hbond substituents is 1. The van der Waals surface area contributed by atoms with E-state index in [2.05, 4.69) is 20.8 Å². The lowest BCUT2D eigenvalue weighted by Crippen LogP contribution is -2.43. The number of aromatic nitrogens is 3. The number of nitrogens with zero attached hydrogens (tertiary/aromatic N) is 5. The van der Waals surface area contributed by atoms with Crippen molar-refractivity contribution in [2.45, 2.75) is 31.0 Å². The van der Waals surface area contributed by atoms with Gasteiger partial charge in [-0.05, 0) is 49.0 Å². The topological polar surface area (TPSA) is 74.6 Å². The molecule has 2 saturated heterocycles. The quantitative estimate of drug-likeness (QED) is 0.387. The monoisotopic (exact) mass is 515 g/mol. The standard InChI is InChI=1S/C29H27F2N5O2/c1-4-20-23(31)7-6-17-10-19(37)11-21(26(17)20)24-12-25-22(27(33-24)35(2)3)14-32-28(34-25)38-16-29-8-5-9-36(29)15-18(30)13-29/h1,6-7,10-12,14,18,37H,5,8-9,13,15-16H2,2-3H3/t18-,29+/m1/s1. The summed E-state index contributed by atoms with van der Waals surface area (Å²) >= 11 is 0. The number of aromatic hydroxyl groups is 1. The molecule has 6 rings (SSSR count). The molecule has 194 valence electrons. The molecule has 1 N–H and O–H groups in total. The van der Waals surface area contributed by atoms with E-state index < -0.39 is 12.0 Å². The number of benzene rings is 2. The van der Waals surface area contributed by atoms with Crippen molar-refractivity contribution in [3.05, 3.63) is 47.9 Å². The van der Waals surface area contributed by atoms with Gasteiger partial charge in [0.2, 0.25) is 0 Å². The summed E-state index contributed by atoms with van der Waals surface area (Å²) in [7, 11) is 3.70. The third-order valence-electron chi connectivity index (χ3n) is 7.66. The van der Waals surface area contributed by atoms with Crippen LogP contribution in [0, 0.1) is 18.2 Å². The van der Waals surface area contributed by atoms with Crippen LogP contribution < -0.4 is 9.64 Å². The van der Waals surface area contributed by atoms with Gasteiger partial charge in [-0.25, -0.2) is 18.7 Å². The fraction of sp³-hybridized carbons (Fsp3) is 0.345. The fourth-order valence-corrected chi connectivity index (χ4v) is 5.96. The maximum absolute atomic E-state index is 14.7. The first kappa shape index (κ1) is 24.3. The fourth-order valence-electron chi connectivity index (χ4n) is 5.96. The third kappa shape index (κ3) is 3.96. The molecule has 0 amide bonds. The van der Waals surface area contributed by atoms with Crippen LogP contribution in [0.1, 0.15) is 24.8 Å². The molecule has 38 heavy (non-hydrogen) atoms. The number of anilines is 1. The Balaban J connectivity index is 1.46. The van der Waals surface area contributed by atoms with E-state index in [0.717, 1.165) is 19.4 Å². The van der Waals surface area contributed by atoms with Gasteiger partial charge in [0.05, 0.1) is 27.7 Å². The molecule has 7 nitrogen and oxygen atoms in total. The molecule has 4 heterocycles. The van der Waals surface area contributed by atoms with Gasteiger partial charge < -0.3 is 14.7 Å². The summed E-state index contributed by atoms with van der Waals surface area (Å²) in [5.41, 5.74) is 1.30. The maximum Gasteiger partial charge on any atom is 0.316 e. The average Bonchev–Trinajstić information content (AvgIpc) is 3.42. The van der Waals surface area contributed by atoms with E-state index in [9.17, 15) is 13.9 Å². The van der Waals surface area contributed by atoms with Crippen LogP contribution in [-0.2, 0) is 0 Å². The lowest BCUT2D eigenvalue weighted by atomic mass is 9.95. The molecule has 2 atom stereocenters. The number of alkyl halides is 1. The van der Waals surface area contributed by atoms with Crippen LogP contribution in [0.15, 0.2) is 36.5 Å². The minimum atomic E-state index is -0.845. The van der Waals surface area contributed by atoms with E-state index in [4.69, 9.17) is 16.1 Å². The first-order valence-electron chi connectivity index (χ1n) is 12.6. The van der Waals surface area contributed by atoms with Gasteiger partial charge in [-0.2, -0.15) is 4.98 Å². The highest BCUT2D eigenvalue weighted by molar-refractivity contribution is 6.03. The number of fused-ring (bicyclic) bond motifs is 3. The zero-order valence-corrected chi connectivity index (χ0v) is 21.2. The normalized spacial score (nSPS) is 21.1. The highest BCUT2D eigenvalue weighted by atomic mass is 19.1. The highest BCUT2D eigenvalue weighted by Crippen LogP contribution is 2.41. The number of terminal acetylenes is 1. The van der Waals surface area contributed by atoms with Crippen molar-refractivity contribution in [3.8, 4) is 35.4 Å². The van der Waals surface area contributed by atoms with Crippen LogP contribution in [0.2, 0.25) is 0 Å². The molecule has 2 aromatic heterocycles. The van der Waals surface area contributed by atoms with E-state index in [-0.39, 0.29) is 22.9 Å². The lowest BCUT2D eigenvalue weighted by molar-refractivity contribution is 0.107. The van der Waals surface area contributed by atoms with Gasteiger partial charge in [0.15, 0.2) is 0 Å². The van der Waals surface area contributed by atoms with Crippen LogP contribution in [0.3, 0.4) is 0 Å². The summed E-state index contributed by atoms with van der Waals surface area (Å²) in [5, 5.41) is 12.2. The summed E-state index contributed by atoms with van der Waals surface area (Å²) in [6.07, 6.45) is 8.86. The molecule has 0 radical (unpaired) electrons. The zero-order valence-electron chi connectivity index (χ0n) is 21.2. The first-order valence-corrected chi connectivity index (χ1v) is 12.6. The molecule has 2 aliphatic heterocycles. The molecular weight excluding hydrogens is 488 g/mol. The molecule has 0 saturated carbocycles. The van der Waals surface area contributed by atoms with E-state index in [0.29, 0.717) is 58.3 Å². The summed E-state index contributed by atoms with van der Waals surface area (Å²) in [6, 6.07) is 7.88. The largest absolute Gasteiger partial charge is 0.508 e. The van der Waals surface area contributed by atoms with Crippen molar-refractivity contribution >= 4 is 27.5 Å².